The molecule has 0 aliphatic carbocycles. The van der Waals surface area contributed by atoms with Crippen molar-refractivity contribution in [3.05, 3.63) is 0 Å². The number of carbonyl (C=O) groups excluding carboxylic acids is 1. The number of esters is 1. The van der Waals surface area contributed by atoms with Gasteiger partial charge in [-0.3, -0.25) is 4.79 Å². The molecule has 0 saturated carbocycles. The Kier molecular flexibility index (Phi) is 10.0. The normalized spacial score (nSPS) is 14.0. The zero-order valence-electron chi connectivity index (χ0n) is 12.8. The summed E-state index contributed by atoms with van der Waals surface area (Å²) in [6.07, 6.45) is -4.65. The molecule has 1 unspecified atom stereocenters. The predicted molar refractivity (Wildman–Crippen MR) is 77.3 cm³/mol. The zero-order valence-corrected chi connectivity index (χ0v) is 13.7. The van der Waals surface area contributed by atoms with Gasteiger partial charge in [0.2, 0.25) is 0 Å². The van der Waals surface area contributed by atoms with Crippen molar-refractivity contribution < 1.29 is 31.5 Å². The second-order valence-corrected chi connectivity index (χ2v) is 6.29. The van der Waals surface area contributed by atoms with Crippen LogP contribution in [0.5, 0.6) is 0 Å². The van der Waals surface area contributed by atoms with Crippen LogP contribution in [-0.4, -0.2) is 35.7 Å². The maximum Gasteiger partial charge on any atom is 0.453 e. The van der Waals surface area contributed by atoms with E-state index < -0.39 is 18.5 Å². The van der Waals surface area contributed by atoms with Gasteiger partial charge in [-0.2, -0.15) is 22.0 Å². The molecular formula is C14H23F5O2S. The Morgan fingerprint density at radius 2 is 1.73 bits per heavy atom. The number of hydrogen-bond acceptors (Lipinski definition) is 3. The maximum atomic E-state index is 12.7. The van der Waals surface area contributed by atoms with Crippen LogP contribution in [-0.2, 0) is 9.53 Å². The lowest BCUT2D eigenvalue weighted by atomic mass is 10.1. The van der Waals surface area contributed by atoms with Crippen LogP contribution in [0, 0.1) is 0 Å². The Hall–Kier alpha value is -0.530. The molecule has 0 fully saturated rings. The van der Waals surface area contributed by atoms with Crippen molar-refractivity contribution in [2.75, 3.05) is 12.4 Å². The molecule has 0 radical (unpaired) electrons. The summed E-state index contributed by atoms with van der Waals surface area (Å²) in [7, 11) is 0. The first-order valence-electron chi connectivity index (χ1n) is 7.38. The number of carbonyl (C=O) groups is 1. The molecule has 8 heteroatoms. The summed E-state index contributed by atoms with van der Waals surface area (Å²) in [5.41, 5.74) is 0. The first-order chi connectivity index (χ1) is 10.2. The fraction of sp³-hybridized carbons (Fsp3) is 0.929. The maximum absolute atomic E-state index is 12.7. The van der Waals surface area contributed by atoms with Gasteiger partial charge in [0.15, 0.2) is 0 Å². The minimum atomic E-state index is -5.49. The number of alkyl halides is 5. The summed E-state index contributed by atoms with van der Waals surface area (Å²) < 4.78 is 66.4. The van der Waals surface area contributed by atoms with Gasteiger partial charge in [-0.05, 0) is 31.4 Å². The standard InChI is InChI=1S/C14H23F5O2S/c1-3-7-11(12(20)21-9-4-2)22-10-6-5-8-13(15,16)14(17,18)19/h11H,3-10H2,1-2H3. The number of unbranched alkanes of at least 4 members (excludes halogenated alkanes) is 1. The molecule has 0 N–H and O–H groups in total. The van der Waals surface area contributed by atoms with E-state index in [2.05, 4.69) is 0 Å². The second kappa shape index (κ2) is 10.3. The highest BCUT2D eigenvalue weighted by molar-refractivity contribution is 8.00. The van der Waals surface area contributed by atoms with Gasteiger partial charge in [0.05, 0.1) is 6.61 Å². The summed E-state index contributed by atoms with van der Waals surface area (Å²) in [4.78, 5) is 11.7. The van der Waals surface area contributed by atoms with Crippen molar-refractivity contribution in [1.29, 1.82) is 0 Å². The number of rotatable bonds is 11. The van der Waals surface area contributed by atoms with Crippen LogP contribution < -0.4 is 0 Å². The zero-order chi connectivity index (χ0) is 17.2. The van der Waals surface area contributed by atoms with Crippen LogP contribution in [0.25, 0.3) is 0 Å². The summed E-state index contributed by atoms with van der Waals surface area (Å²) >= 11 is 1.26. The number of thioether (sulfide) groups is 1. The van der Waals surface area contributed by atoms with Crippen LogP contribution in [0.1, 0.15) is 52.4 Å². The van der Waals surface area contributed by atoms with E-state index in [-0.39, 0.29) is 24.1 Å². The second-order valence-electron chi connectivity index (χ2n) is 4.97. The highest BCUT2D eigenvalue weighted by Gasteiger charge is 2.56. The van der Waals surface area contributed by atoms with E-state index in [1.54, 1.807) is 0 Å². The Balaban J connectivity index is 4.06. The lowest BCUT2D eigenvalue weighted by Crippen LogP contribution is -2.36. The lowest BCUT2D eigenvalue weighted by Gasteiger charge is -2.19. The summed E-state index contributed by atoms with van der Waals surface area (Å²) in [5, 5.41) is -0.375. The van der Waals surface area contributed by atoms with Crippen molar-refractivity contribution in [2.24, 2.45) is 0 Å². The molecule has 0 aromatic carbocycles. The third-order valence-corrected chi connectivity index (χ3v) is 4.24. The molecule has 0 bridgehead atoms. The molecule has 0 aromatic heterocycles. The van der Waals surface area contributed by atoms with Crippen LogP contribution in [0.2, 0.25) is 0 Å². The molecule has 0 aromatic rings. The van der Waals surface area contributed by atoms with Gasteiger partial charge in [0, 0.05) is 6.42 Å². The van der Waals surface area contributed by atoms with Gasteiger partial charge < -0.3 is 4.74 Å². The third kappa shape index (κ3) is 8.19. The molecular weight excluding hydrogens is 327 g/mol. The highest BCUT2D eigenvalue weighted by Crippen LogP contribution is 2.39. The molecule has 22 heavy (non-hydrogen) atoms. The minimum absolute atomic E-state index is 0.206. The van der Waals surface area contributed by atoms with Crippen molar-refractivity contribution in [3.8, 4) is 0 Å². The minimum Gasteiger partial charge on any atom is -0.465 e. The van der Waals surface area contributed by atoms with Crippen LogP contribution in [0.15, 0.2) is 0 Å². The van der Waals surface area contributed by atoms with Crippen molar-refractivity contribution in [1.82, 2.24) is 0 Å². The van der Waals surface area contributed by atoms with E-state index in [4.69, 9.17) is 4.74 Å². The van der Waals surface area contributed by atoms with Gasteiger partial charge >= 0.3 is 18.1 Å². The van der Waals surface area contributed by atoms with Crippen LogP contribution >= 0.6 is 11.8 Å². The van der Waals surface area contributed by atoms with E-state index in [1.807, 2.05) is 13.8 Å². The van der Waals surface area contributed by atoms with E-state index in [9.17, 15) is 26.7 Å². The number of hydrogen-bond donors (Lipinski definition) is 0. The van der Waals surface area contributed by atoms with Crippen molar-refractivity contribution >= 4 is 17.7 Å². The van der Waals surface area contributed by atoms with E-state index >= 15 is 0 Å². The SMILES string of the molecule is CCCOC(=O)C(CCC)SCCCCC(F)(F)C(F)(F)F. The quantitative estimate of drug-likeness (QED) is 0.291. The number of ether oxygens (including phenoxy) is 1. The molecule has 0 rings (SSSR count). The average molecular weight is 350 g/mol. The Morgan fingerprint density at radius 3 is 2.23 bits per heavy atom. The first-order valence-corrected chi connectivity index (χ1v) is 8.43. The van der Waals surface area contributed by atoms with E-state index in [0.717, 1.165) is 6.42 Å². The monoisotopic (exact) mass is 350 g/mol. The molecule has 0 saturated heterocycles. The van der Waals surface area contributed by atoms with E-state index in [0.29, 0.717) is 25.2 Å². The van der Waals surface area contributed by atoms with Crippen LogP contribution in [0.3, 0.4) is 0 Å². The summed E-state index contributed by atoms with van der Waals surface area (Å²) in [6, 6.07) is 0. The molecule has 0 heterocycles. The summed E-state index contributed by atoms with van der Waals surface area (Å²) in [5.74, 6) is -4.62. The Labute approximate surface area is 132 Å². The smallest absolute Gasteiger partial charge is 0.453 e. The van der Waals surface area contributed by atoms with Gasteiger partial charge in [0.25, 0.3) is 0 Å². The molecule has 2 nitrogen and oxygen atoms in total. The number of halogens is 5. The topological polar surface area (TPSA) is 26.3 Å². The molecule has 132 valence electrons. The third-order valence-electron chi connectivity index (χ3n) is 2.88. The van der Waals surface area contributed by atoms with Crippen molar-refractivity contribution in [2.45, 2.75) is 69.7 Å². The van der Waals surface area contributed by atoms with Gasteiger partial charge in [-0.1, -0.05) is 20.3 Å². The van der Waals surface area contributed by atoms with Crippen LogP contribution in [0.4, 0.5) is 22.0 Å². The summed E-state index contributed by atoms with van der Waals surface area (Å²) in [6.45, 7) is 4.11. The largest absolute Gasteiger partial charge is 0.465 e. The average Bonchev–Trinajstić information content (AvgIpc) is 2.41. The first kappa shape index (κ1) is 21.5. The van der Waals surface area contributed by atoms with Crippen molar-refractivity contribution in [3.63, 3.8) is 0 Å². The molecule has 1 atom stereocenters. The molecule has 0 aliphatic rings. The molecule has 0 spiro atoms. The highest BCUT2D eigenvalue weighted by atomic mass is 32.2. The lowest BCUT2D eigenvalue weighted by molar-refractivity contribution is -0.284. The fourth-order valence-electron chi connectivity index (χ4n) is 1.64. The fourth-order valence-corrected chi connectivity index (χ4v) is 2.91. The molecule has 0 amide bonds. The van der Waals surface area contributed by atoms with Gasteiger partial charge in [-0.15, -0.1) is 11.8 Å². The Bertz CT molecular complexity index is 321. The van der Waals surface area contributed by atoms with E-state index in [1.165, 1.54) is 11.8 Å². The predicted octanol–water partition coefficient (Wildman–Crippen LogP) is 5.21. The van der Waals surface area contributed by atoms with Gasteiger partial charge in [0.1, 0.15) is 5.25 Å². The van der Waals surface area contributed by atoms with Gasteiger partial charge in [-0.25, -0.2) is 0 Å². The molecule has 0 aliphatic heterocycles. The Morgan fingerprint density at radius 1 is 1.09 bits per heavy atom.